The largest absolute Gasteiger partial charge is 0.338 e. The summed E-state index contributed by atoms with van der Waals surface area (Å²) in [6, 6.07) is 7.48. The van der Waals surface area contributed by atoms with Crippen molar-refractivity contribution in [3.63, 3.8) is 0 Å². The van der Waals surface area contributed by atoms with E-state index in [0.717, 1.165) is 11.3 Å². The van der Waals surface area contributed by atoms with E-state index in [4.69, 9.17) is 0 Å². The molecule has 1 atom stereocenters. The fourth-order valence-corrected chi connectivity index (χ4v) is 2.90. The van der Waals surface area contributed by atoms with Crippen LogP contribution in [0.3, 0.4) is 0 Å². The van der Waals surface area contributed by atoms with Gasteiger partial charge >= 0.3 is 6.03 Å². The number of carbonyl (C=O) groups is 2. The van der Waals surface area contributed by atoms with E-state index in [9.17, 15) is 9.59 Å². The predicted octanol–water partition coefficient (Wildman–Crippen LogP) is 2.51. The van der Waals surface area contributed by atoms with Crippen LogP contribution in [0.15, 0.2) is 41.8 Å². The molecule has 0 aliphatic rings. The first-order chi connectivity index (χ1) is 11.0. The molecule has 2 N–H and O–H groups in total. The number of imidazole rings is 1. The van der Waals surface area contributed by atoms with Gasteiger partial charge in [-0.3, -0.25) is 14.7 Å². The molecule has 23 heavy (non-hydrogen) atoms. The first kappa shape index (κ1) is 17.1. The molecule has 2 aromatic rings. The Labute approximate surface area is 139 Å². The van der Waals surface area contributed by atoms with Crippen LogP contribution >= 0.6 is 11.8 Å². The van der Waals surface area contributed by atoms with Crippen LogP contribution in [-0.4, -0.2) is 33.3 Å². The smallest absolute Gasteiger partial charge is 0.321 e. The molecule has 0 aliphatic heterocycles. The molecular weight excluding hydrogens is 312 g/mol. The Morgan fingerprint density at radius 2 is 2.09 bits per heavy atom. The molecular formula is C16H20N4O2S. The van der Waals surface area contributed by atoms with E-state index in [1.54, 1.807) is 20.0 Å². The topological polar surface area (TPSA) is 76.0 Å². The Morgan fingerprint density at radius 3 is 2.78 bits per heavy atom. The molecule has 0 saturated heterocycles. The van der Waals surface area contributed by atoms with Crippen LogP contribution in [0.1, 0.15) is 19.4 Å². The van der Waals surface area contributed by atoms with Gasteiger partial charge in [-0.25, -0.2) is 9.78 Å². The minimum absolute atomic E-state index is 0.347. The number of aromatic nitrogens is 2. The van der Waals surface area contributed by atoms with Crippen molar-refractivity contribution in [3.05, 3.63) is 42.2 Å². The zero-order valence-electron chi connectivity index (χ0n) is 13.4. The number of nitrogens with zero attached hydrogens (tertiary/aromatic N) is 2. The number of hydrogen-bond acceptors (Lipinski definition) is 4. The molecule has 2 rings (SSSR count). The number of aryl methyl sites for hydroxylation is 1. The van der Waals surface area contributed by atoms with E-state index < -0.39 is 11.3 Å². The zero-order chi connectivity index (χ0) is 16.8. The third kappa shape index (κ3) is 4.35. The van der Waals surface area contributed by atoms with E-state index in [2.05, 4.69) is 15.6 Å². The summed E-state index contributed by atoms with van der Waals surface area (Å²) in [5.41, 5.74) is 2.13. The minimum Gasteiger partial charge on any atom is -0.338 e. The maximum absolute atomic E-state index is 12.0. The van der Waals surface area contributed by atoms with Crippen molar-refractivity contribution in [2.75, 3.05) is 6.54 Å². The molecule has 1 unspecified atom stereocenters. The first-order valence-corrected chi connectivity index (χ1v) is 8.25. The summed E-state index contributed by atoms with van der Waals surface area (Å²) in [7, 11) is 0. The van der Waals surface area contributed by atoms with Crippen LogP contribution in [0.5, 0.6) is 0 Å². The second-order valence-corrected chi connectivity index (χ2v) is 6.28. The van der Waals surface area contributed by atoms with Crippen molar-refractivity contribution in [2.24, 2.45) is 0 Å². The van der Waals surface area contributed by atoms with Crippen LogP contribution in [0, 0.1) is 6.92 Å². The summed E-state index contributed by atoms with van der Waals surface area (Å²) >= 11 is 1.31. The SMILES string of the molecule is CCNC(=O)NC(=O)C(C)Sc1nccn1-c1ccccc1C. The predicted molar refractivity (Wildman–Crippen MR) is 90.8 cm³/mol. The van der Waals surface area contributed by atoms with E-state index in [-0.39, 0.29) is 5.91 Å². The average Bonchev–Trinajstić information content (AvgIpc) is 2.95. The van der Waals surface area contributed by atoms with Crippen molar-refractivity contribution in [3.8, 4) is 5.69 Å². The highest BCUT2D eigenvalue weighted by atomic mass is 32.2. The van der Waals surface area contributed by atoms with Crippen molar-refractivity contribution in [1.82, 2.24) is 20.2 Å². The Bertz CT molecular complexity index is 699. The molecule has 0 aliphatic carbocycles. The molecule has 1 heterocycles. The van der Waals surface area contributed by atoms with Gasteiger partial charge in [-0.15, -0.1) is 0 Å². The molecule has 6 nitrogen and oxygen atoms in total. The van der Waals surface area contributed by atoms with Crippen molar-refractivity contribution in [2.45, 2.75) is 31.2 Å². The maximum atomic E-state index is 12.0. The number of benzene rings is 1. The standard InChI is InChI=1S/C16H20N4O2S/c1-4-17-15(22)19-14(21)12(3)23-16-18-9-10-20(16)13-8-6-5-7-11(13)2/h5-10,12H,4H2,1-3H3,(H2,17,19,21,22). The summed E-state index contributed by atoms with van der Waals surface area (Å²) in [5.74, 6) is -0.347. The molecule has 1 aromatic carbocycles. The summed E-state index contributed by atoms with van der Waals surface area (Å²) in [6.45, 7) is 6.03. The van der Waals surface area contributed by atoms with Gasteiger partial charge < -0.3 is 5.32 Å². The van der Waals surface area contributed by atoms with Gasteiger partial charge in [-0.05, 0) is 32.4 Å². The van der Waals surface area contributed by atoms with Crippen molar-refractivity contribution < 1.29 is 9.59 Å². The first-order valence-electron chi connectivity index (χ1n) is 7.37. The molecule has 0 spiro atoms. The maximum Gasteiger partial charge on any atom is 0.321 e. The fourth-order valence-electron chi connectivity index (χ4n) is 2.02. The third-order valence-electron chi connectivity index (χ3n) is 3.21. The number of amides is 3. The van der Waals surface area contributed by atoms with E-state index in [1.807, 2.05) is 42.0 Å². The van der Waals surface area contributed by atoms with Gasteiger partial charge in [0, 0.05) is 18.9 Å². The monoisotopic (exact) mass is 332 g/mol. The number of carbonyl (C=O) groups excluding carboxylic acids is 2. The molecule has 122 valence electrons. The second kappa shape index (κ2) is 7.82. The highest BCUT2D eigenvalue weighted by Crippen LogP contribution is 2.25. The summed E-state index contributed by atoms with van der Waals surface area (Å²) in [4.78, 5) is 27.8. The van der Waals surface area contributed by atoms with Gasteiger partial charge in [0.05, 0.1) is 10.9 Å². The minimum atomic E-state index is -0.479. The van der Waals surface area contributed by atoms with Crippen molar-refractivity contribution >= 4 is 23.7 Å². The van der Waals surface area contributed by atoms with Crippen LogP contribution < -0.4 is 10.6 Å². The van der Waals surface area contributed by atoms with Gasteiger partial charge in [0.2, 0.25) is 5.91 Å². The number of hydrogen-bond donors (Lipinski definition) is 2. The molecule has 0 bridgehead atoms. The summed E-state index contributed by atoms with van der Waals surface area (Å²) < 4.78 is 1.94. The fraction of sp³-hybridized carbons (Fsp3) is 0.312. The van der Waals surface area contributed by atoms with E-state index in [1.165, 1.54) is 11.8 Å². The third-order valence-corrected chi connectivity index (χ3v) is 4.29. The Kier molecular flexibility index (Phi) is 5.81. The van der Waals surface area contributed by atoms with Crippen LogP contribution in [-0.2, 0) is 4.79 Å². The number of imide groups is 1. The van der Waals surface area contributed by atoms with Crippen molar-refractivity contribution in [1.29, 1.82) is 0 Å². The Balaban J connectivity index is 2.10. The van der Waals surface area contributed by atoms with Gasteiger partial charge in [0.25, 0.3) is 0 Å². The van der Waals surface area contributed by atoms with Crippen LogP contribution in [0.2, 0.25) is 0 Å². The zero-order valence-corrected chi connectivity index (χ0v) is 14.2. The lowest BCUT2D eigenvalue weighted by Gasteiger charge is -2.13. The molecule has 0 saturated carbocycles. The Morgan fingerprint density at radius 1 is 1.35 bits per heavy atom. The number of para-hydroxylation sites is 1. The second-order valence-electron chi connectivity index (χ2n) is 4.98. The van der Waals surface area contributed by atoms with Crippen LogP contribution in [0.4, 0.5) is 4.79 Å². The number of nitrogens with one attached hydrogen (secondary N) is 2. The number of thioether (sulfide) groups is 1. The molecule has 1 aromatic heterocycles. The average molecular weight is 332 g/mol. The normalized spacial score (nSPS) is 11.8. The van der Waals surface area contributed by atoms with Gasteiger partial charge in [0.15, 0.2) is 5.16 Å². The molecule has 3 amide bonds. The summed E-state index contributed by atoms with van der Waals surface area (Å²) in [5, 5.41) is 5.12. The lowest BCUT2D eigenvalue weighted by atomic mass is 10.2. The Hall–Kier alpha value is -2.28. The molecule has 0 radical (unpaired) electrons. The lowest BCUT2D eigenvalue weighted by Crippen LogP contribution is -2.42. The molecule has 0 fully saturated rings. The molecule has 7 heteroatoms. The number of urea groups is 1. The number of rotatable bonds is 5. The van der Waals surface area contributed by atoms with E-state index in [0.29, 0.717) is 11.7 Å². The quantitative estimate of drug-likeness (QED) is 0.825. The highest BCUT2D eigenvalue weighted by molar-refractivity contribution is 8.00. The van der Waals surface area contributed by atoms with Gasteiger partial charge in [-0.1, -0.05) is 30.0 Å². The van der Waals surface area contributed by atoms with Gasteiger partial charge in [0.1, 0.15) is 0 Å². The van der Waals surface area contributed by atoms with Crippen LogP contribution in [0.25, 0.3) is 5.69 Å². The lowest BCUT2D eigenvalue weighted by molar-refractivity contribution is -0.119. The highest BCUT2D eigenvalue weighted by Gasteiger charge is 2.19. The summed E-state index contributed by atoms with van der Waals surface area (Å²) in [6.07, 6.45) is 3.56. The van der Waals surface area contributed by atoms with Gasteiger partial charge in [-0.2, -0.15) is 0 Å². The van der Waals surface area contributed by atoms with E-state index >= 15 is 0 Å².